The van der Waals surface area contributed by atoms with Gasteiger partial charge in [0.2, 0.25) is 0 Å². The maximum Gasteiger partial charge on any atom is 0.339 e. The zero-order valence-corrected chi connectivity index (χ0v) is 12.0. The molecule has 0 heterocycles. The normalized spacial score (nSPS) is 13.4. The summed E-state index contributed by atoms with van der Waals surface area (Å²) in [5.41, 5.74) is -2.38. The second kappa shape index (κ2) is 6.62. The van der Waals surface area contributed by atoms with Crippen LogP contribution in [0.1, 0.15) is 29.8 Å². The van der Waals surface area contributed by atoms with Crippen LogP contribution in [0, 0.1) is 18.6 Å². The standard InChI is InChI=1S/C14H17F2NO4/c1-4-21-13(19)14(3,20)7-17-12(18)9-6-10(15)8(2)5-11(9)16/h5-6,20H,4,7H2,1-3H3,(H,17,18)/t14-/m1/s1. The van der Waals surface area contributed by atoms with Gasteiger partial charge in [0, 0.05) is 0 Å². The third-order valence-corrected chi connectivity index (χ3v) is 2.80. The van der Waals surface area contributed by atoms with Gasteiger partial charge in [-0.05, 0) is 38.5 Å². The Morgan fingerprint density at radius 1 is 1.33 bits per heavy atom. The summed E-state index contributed by atoms with van der Waals surface area (Å²) in [6.45, 7) is 3.67. The summed E-state index contributed by atoms with van der Waals surface area (Å²) < 4.78 is 31.6. The number of esters is 1. The van der Waals surface area contributed by atoms with Gasteiger partial charge < -0.3 is 15.2 Å². The van der Waals surface area contributed by atoms with Crippen LogP contribution in [-0.2, 0) is 9.53 Å². The Kier molecular flexibility index (Phi) is 5.37. The fraction of sp³-hybridized carbons (Fsp3) is 0.429. The van der Waals surface area contributed by atoms with Gasteiger partial charge in [-0.3, -0.25) is 4.79 Å². The van der Waals surface area contributed by atoms with Gasteiger partial charge in [-0.1, -0.05) is 0 Å². The monoisotopic (exact) mass is 301 g/mol. The molecule has 0 spiro atoms. The molecular formula is C14H17F2NO4. The highest BCUT2D eigenvalue weighted by atomic mass is 19.1. The Morgan fingerprint density at radius 3 is 2.52 bits per heavy atom. The number of hydrogen-bond donors (Lipinski definition) is 2. The molecule has 0 fully saturated rings. The van der Waals surface area contributed by atoms with Gasteiger partial charge in [-0.2, -0.15) is 0 Å². The highest BCUT2D eigenvalue weighted by Gasteiger charge is 2.32. The minimum absolute atomic E-state index is 0.0702. The zero-order valence-electron chi connectivity index (χ0n) is 12.0. The number of aryl methyl sites for hydroxylation is 1. The molecule has 1 atom stereocenters. The number of rotatable bonds is 5. The van der Waals surface area contributed by atoms with E-state index in [0.717, 1.165) is 19.1 Å². The first kappa shape index (κ1) is 17.0. The molecule has 21 heavy (non-hydrogen) atoms. The number of benzene rings is 1. The fourth-order valence-corrected chi connectivity index (χ4v) is 1.53. The van der Waals surface area contributed by atoms with Gasteiger partial charge in [0.15, 0.2) is 5.60 Å². The lowest BCUT2D eigenvalue weighted by atomic mass is 10.1. The quantitative estimate of drug-likeness (QED) is 0.804. The van der Waals surface area contributed by atoms with E-state index in [1.165, 1.54) is 6.92 Å². The molecule has 0 radical (unpaired) electrons. The molecular weight excluding hydrogens is 284 g/mol. The minimum atomic E-state index is -1.95. The number of halogens is 2. The van der Waals surface area contributed by atoms with E-state index in [9.17, 15) is 23.5 Å². The molecule has 0 aliphatic rings. The van der Waals surface area contributed by atoms with E-state index in [0.29, 0.717) is 0 Å². The summed E-state index contributed by atoms with van der Waals surface area (Å²) in [4.78, 5) is 23.2. The molecule has 7 heteroatoms. The lowest BCUT2D eigenvalue weighted by Gasteiger charge is -2.21. The number of carbonyl (C=O) groups excluding carboxylic acids is 2. The van der Waals surface area contributed by atoms with E-state index in [4.69, 9.17) is 0 Å². The van der Waals surface area contributed by atoms with E-state index in [-0.39, 0.29) is 12.2 Å². The molecule has 0 saturated carbocycles. The molecule has 1 aromatic rings. The summed E-state index contributed by atoms with van der Waals surface area (Å²) in [6, 6.07) is 1.66. The van der Waals surface area contributed by atoms with Crippen LogP contribution in [0.25, 0.3) is 0 Å². The van der Waals surface area contributed by atoms with Crippen molar-refractivity contribution in [3.8, 4) is 0 Å². The largest absolute Gasteiger partial charge is 0.464 e. The van der Waals surface area contributed by atoms with E-state index < -0.39 is 41.2 Å². The second-order valence-electron chi connectivity index (χ2n) is 4.76. The van der Waals surface area contributed by atoms with E-state index in [1.54, 1.807) is 6.92 Å². The van der Waals surface area contributed by atoms with Gasteiger partial charge in [-0.25, -0.2) is 13.6 Å². The first-order chi connectivity index (χ1) is 9.69. The molecule has 0 aliphatic heterocycles. The van der Waals surface area contributed by atoms with Crippen LogP contribution in [0.15, 0.2) is 12.1 Å². The van der Waals surface area contributed by atoms with Gasteiger partial charge in [0.1, 0.15) is 11.6 Å². The average Bonchev–Trinajstić information content (AvgIpc) is 2.40. The molecule has 0 saturated heterocycles. The highest BCUT2D eigenvalue weighted by Crippen LogP contribution is 2.14. The molecule has 1 rings (SSSR count). The van der Waals surface area contributed by atoms with Gasteiger partial charge in [0.25, 0.3) is 5.91 Å². The van der Waals surface area contributed by atoms with Crippen molar-refractivity contribution in [3.05, 3.63) is 34.9 Å². The smallest absolute Gasteiger partial charge is 0.339 e. The van der Waals surface area contributed by atoms with Gasteiger partial charge in [-0.15, -0.1) is 0 Å². The number of amides is 1. The molecule has 0 aliphatic carbocycles. The molecule has 116 valence electrons. The Morgan fingerprint density at radius 2 is 1.95 bits per heavy atom. The van der Waals surface area contributed by atoms with Crippen LogP contribution in [0.3, 0.4) is 0 Å². The lowest BCUT2D eigenvalue weighted by Crippen LogP contribution is -2.47. The molecule has 2 N–H and O–H groups in total. The molecule has 1 aromatic carbocycles. The van der Waals surface area contributed by atoms with Crippen LogP contribution in [0.5, 0.6) is 0 Å². The molecule has 0 aromatic heterocycles. The van der Waals surface area contributed by atoms with Crippen LogP contribution >= 0.6 is 0 Å². The Labute approximate surface area is 120 Å². The van der Waals surface area contributed by atoms with E-state index in [1.807, 2.05) is 0 Å². The Hall–Kier alpha value is -2.02. The number of aliphatic hydroxyl groups is 1. The van der Waals surface area contributed by atoms with Crippen molar-refractivity contribution < 1.29 is 28.2 Å². The maximum atomic E-state index is 13.6. The van der Waals surface area contributed by atoms with Crippen LogP contribution in [0.2, 0.25) is 0 Å². The second-order valence-corrected chi connectivity index (χ2v) is 4.76. The molecule has 5 nitrogen and oxygen atoms in total. The van der Waals surface area contributed by atoms with Crippen molar-refractivity contribution in [2.75, 3.05) is 13.2 Å². The van der Waals surface area contributed by atoms with Crippen molar-refractivity contribution in [2.45, 2.75) is 26.4 Å². The summed E-state index contributed by atoms with van der Waals surface area (Å²) in [6.07, 6.45) is 0. The summed E-state index contributed by atoms with van der Waals surface area (Å²) in [5.74, 6) is -3.46. The average molecular weight is 301 g/mol. The van der Waals surface area contributed by atoms with Crippen molar-refractivity contribution in [2.24, 2.45) is 0 Å². The first-order valence-electron chi connectivity index (χ1n) is 6.32. The van der Waals surface area contributed by atoms with Crippen LogP contribution < -0.4 is 5.32 Å². The maximum absolute atomic E-state index is 13.6. The SMILES string of the molecule is CCOC(=O)[C@](C)(O)CNC(=O)c1cc(F)c(C)cc1F. The fourth-order valence-electron chi connectivity index (χ4n) is 1.53. The van der Waals surface area contributed by atoms with Crippen LogP contribution in [-0.4, -0.2) is 35.7 Å². The highest BCUT2D eigenvalue weighted by molar-refractivity contribution is 5.95. The number of carbonyl (C=O) groups is 2. The van der Waals surface area contributed by atoms with Gasteiger partial charge in [0.05, 0.1) is 18.7 Å². The molecule has 1 amide bonds. The predicted molar refractivity (Wildman–Crippen MR) is 70.7 cm³/mol. The molecule has 0 bridgehead atoms. The van der Waals surface area contributed by atoms with Crippen LogP contribution in [0.4, 0.5) is 8.78 Å². The summed E-state index contributed by atoms with van der Waals surface area (Å²) in [5, 5.41) is 12.0. The molecule has 0 unspecified atom stereocenters. The number of nitrogens with one attached hydrogen (secondary N) is 1. The van der Waals surface area contributed by atoms with E-state index >= 15 is 0 Å². The first-order valence-corrected chi connectivity index (χ1v) is 6.32. The van der Waals surface area contributed by atoms with Gasteiger partial charge >= 0.3 is 5.97 Å². The summed E-state index contributed by atoms with van der Waals surface area (Å²) >= 11 is 0. The topological polar surface area (TPSA) is 75.6 Å². The van der Waals surface area contributed by atoms with Crippen molar-refractivity contribution >= 4 is 11.9 Å². The van der Waals surface area contributed by atoms with Crippen molar-refractivity contribution in [1.82, 2.24) is 5.32 Å². The number of hydrogen-bond acceptors (Lipinski definition) is 4. The third kappa shape index (κ3) is 4.22. The Bertz CT molecular complexity index is 558. The van der Waals surface area contributed by atoms with Crippen molar-refractivity contribution in [3.63, 3.8) is 0 Å². The predicted octanol–water partition coefficient (Wildman–Crippen LogP) is 1.32. The van der Waals surface area contributed by atoms with E-state index in [2.05, 4.69) is 10.1 Å². The van der Waals surface area contributed by atoms with Crippen molar-refractivity contribution in [1.29, 1.82) is 0 Å². The zero-order chi connectivity index (χ0) is 16.2. The number of ether oxygens (including phenoxy) is 1. The summed E-state index contributed by atoms with van der Waals surface area (Å²) in [7, 11) is 0. The third-order valence-electron chi connectivity index (χ3n) is 2.80. The lowest BCUT2D eigenvalue weighted by molar-refractivity contribution is -0.162. The Balaban J connectivity index is 2.79. The minimum Gasteiger partial charge on any atom is -0.464 e.